The lowest BCUT2D eigenvalue weighted by Crippen LogP contribution is -2.35. The van der Waals surface area contributed by atoms with Gasteiger partial charge in [0.05, 0.1) is 0 Å². The molecule has 1 aliphatic rings. The lowest BCUT2D eigenvalue weighted by molar-refractivity contribution is -0.148. The van der Waals surface area contributed by atoms with Gasteiger partial charge in [-0.3, -0.25) is 0 Å². The first kappa shape index (κ1) is 32.4. The molecular weight excluding hydrogens is 567 g/mol. The van der Waals surface area contributed by atoms with Gasteiger partial charge >= 0.3 is 5.97 Å². The second kappa shape index (κ2) is 13.8. The van der Waals surface area contributed by atoms with Crippen LogP contribution in [0.2, 0.25) is 5.02 Å². The molecule has 3 aromatic carbocycles. The van der Waals surface area contributed by atoms with Crippen molar-refractivity contribution < 1.29 is 23.8 Å². The monoisotopic (exact) mass is 606 g/mol. The van der Waals surface area contributed by atoms with Gasteiger partial charge in [-0.25, -0.2) is 9.18 Å². The van der Waals surface area contributed by atoms with Crippen LogP contribution in [-0.2, 0) is 19.9 Å². The van der Waals surface area contributed by atoms with Crippen LogP contribution >= 0.6 is 11.6 Å². The molecule has 3 N–H and O–H groups in total. The van der Waals surface area contributed by atoms with Crippen LogP contribution in [0.5, 0.6) is 0 Å². The first-order valence-electron chi connectivity index (χ1n) is 14.7. The lowest BCUT2D eigenvalue weighted by Gasteiger charge is -2.38. The Labute approximate surface area is 258 Å². The normalized spacial score (nSPS) is 17.7. The number of halogens is 2. The topological polar surface area (TPSA) is 91.6 Å². The summed E-state index contributed by atoms with van der Waals surface area (Å²) in [6.07, 6.45) is 7.60. The molecule has 0 aromatic heterocycles. The van der Waals surface area contributed by atoms with Gasteiger partial charge in [0, 0.05) is 41.1 Å². The number of benzene rings is 3. The molecule has 0 bridgehead atoms. The molecule has 0 aliphatic carbocycles. The third kappa shape index (κ3) is 7.91. The maximum absolute atomic E-state index is 14.0. The van der Waals surface area contributed by atoms with E-state index in [1.54, 1.807) is 30.3 Å². The van der Waals surface area contributed by atoms with Crippen molar-refractivity contribution >= 4 is 35.5 Å². The van der Waals surface area contributed by atoms with E-state index in [4.69, 9.17) is 26.5 Å². The molecule has 3 atom stereocenters. The Morgan fingerprint density at radius 3 is 2.47 bits per heavy atom. The van der Waals surface area contributed by atoms with Crippen LogP contribution < -0.4 is 5.32 Å². The zero-order chi connectivity index (χ0) is 31.2. The lowest BCUT2D eigenvalue weighted by atomic mass is 9.71. The minimum absolute atomic E-state index is 0.139. The maximum atomic E-state index is 14.0. The highest BCUT2D eigenvalue weighted by molar-refractivity contribution is 6.31. The van der Waals surface area contributed by atoms with Gasteiger partial charge in [-0.15, -0.1) is 0 Å². The summed E-state index contributed by atoms with van der Waals surface area (Å²) in [5.41, 5.74) is 1.65. The van der Waals surface area contributed by atoms with Crippen molar-refractivity contribution in [1.82, 2.24) is 0 Å². The Hall–Kier alpha value is -3.52. The molecular formula is C35H40ClFN2O4. The predicted octanol–water partition coefficient (Wildman–Crippen LogP) is 8.20. The van der Waals surface area contributed by atoms with E-state index in [1.807, 2.05) is 52.0 Å². The molecule has 1 heterocycles. The maximum Gasteiger partial charge on any atom is 0.331 e. The van der Waals surface area contributed by atoms with E-state index in [-0.39, 0.29) is 11.3 Å². The number of hydrogen-bond acceptors (Lipinski definition) is 6. The summed E-state index contributed by atoms with van der Waals surface area (Å²) in [7, 11) is 0. The summed E-state index contributed by atoms with van der Waals surface area (Å²) < 4.78 is 25.2. The summed E-state index contributed by atoms with van der Waals surface area (Å²) in [6, 6.07) is 16.9. The number of carbonyl (C=O) groups excluding carboxylic acids is 1. The summed E-state index contributed by atoms with van der Waals surface area (Å²) in [5.74, 6) is -1.46. The molecule has 1 saturated heterocycles. The van der Waals surface area contributed by atoms with Crippen LogP contribution in [0.25, 0.3) is 6.08 Å². The van der Waals surface area contributed by atoms with Gasteiger partial charge < -0.3 is 25.3 Å². The average molecular weight is 607 g/mol. The summed E-state index contributed by atoms with van der Waals surface area (Å²) >= 11 is 6.55. The van der Waals surface area contributed by atoms with E-state index in [2.05, 4.69) is 5.32 Å². The molecule has 228 valence electrons. The van der Waals surface area contributed by atoms with Gasteiger partial charge in [0.25, 0.3) is 0 Å². The number of aliphatic hydroxyl groups is 1. The van der Waals surface area contributed by atoms with E-state index in [0.717, 1.165) is 30.5 Å². The molecule has 1 fully saturated rings. The number of esters is 1. The second-order valence-corrected chi connectivity index (χ2v) is 12.2. The van der Waals surface area contributed by atoms with Crippen LogP contribution in [0.1, 0.15) is 87.1 Å². The predicted molar refractivity (Wildman–Crippen MR) is 170 cm³/mol. The fraction of sp³-hybridized carbons (Fsp3) is 0.371. The van der Waals surface area contributed by atoms with E-state index < -0.39 is 28.9 Å². The number of rotatable bonds is 10. The molecule has 0 amide bonds. The van der Waals surface area contributed by atoms with Gasteiger partial charge in [0.1, 0.15) is 23.2 Å². The molecule has 0 radical (unpaired) electrons. The van der Waals surface area contributed by atoms with E-state index in [9.17, 15) is 14.3 Å². The van der Waals surface area contributed by atoms with Crippen LogP contribution in [0.4, 0.5) is 10.1 Å². The quantitative estimate of drug-likeness (QED) is 0.123. The van der Waals surface area contributed by atoms with Crippen molar-refractivity contribution in [2.24, 2.45) is 0 Å². The molecule has 4 rings (SSSR count). The third-order valence-electron chi connectivity index (χ3n) is 7.56. The number of ether oxygens (including phenoxy) is 2. The Kier molecular flexibility index (Phi) is 10.4. The molecule has 3 aromatic rings. The van der Waals surface area contributed by atoms with Gasteiger partial charge in [-0.05, 0) is 99.0 Å². The Morgan fingerprint density at radius 2 is 1.86 bits per heavy atom. The average Bonchev–Trinajstić information content (AvgIpc) is 2.97. The highest BCUT2D eigenvalue weighted by Crippen LogP contribution is 2.47. The van der Waals surface area contributed by atoms with E-state index in [0.29, 0.717) is 35.3 Å². The molecule has 0 spiro atoms. The number of anilines is 1. The van der Waals surface area contributed by atoms with Gasteiger partial charge in [-0.1, -0.05) is 54.9 Å². The Morgan fingerprint density at radius 1 is 1.14 bits per heavy atom. The summed E-state index contributed by atoms with van der Waals surface area (Å²) in [6.45, 7) is 8.06. The van der Waals surface area contributed by atoms with E-state index >= 15 is 0 Å². The highest BCUT2D eigenvalue weighted by Gasteiger charge is 2.41. The zero-order valence-electron chi connectivity index (χ0n) is 25.1. The van der Waals surface area contributed by atoms with Crippen LogP contribution in [0, 0.1) is 11.2 Å². The highest BCUT2D eigenvalue weighted by atomic mass is 35.5. The number of nitrogens with one attached hydrogen (secondary N) is 2. The Balaban J connectivity index is 1.77. The Bertz CT molecular complexity index is 1460. The standard InChI is InChI=1S/C35H40ClFN2O4/c1-5-29(28-16-15-27(37)21-30(28)36)35(41,25-12-9-23(10-13-25)11-18-33(40)43-34(2,3)4)26-14-17-31(24(20-26)22-38)39-32-8-6-7-19-42-32/h9-18,20-22,29,32,38-39,41H,5-8,19H2,1-4H3/b18-11+,38-22?. The molecule has 6 nitrogen and oxygen atoms in total. The molecule has 8 heteroatoms. The van der Waals surface area contributed by atoms with Crippen molar-refractivity contribution in [3.63, 3.8) is 0 Å². The van der Waals surface area contributed by atoms with Crippen molar-refractivity contribution in [2.75, 3.05) is 11.9 Å². The fourth-order valence-electron chi connectivity index (χ4n) is 5.52. The summed E-state index contributed by atoms with van der Waals surface area (Å²) in [4.78, 5) is 12.2. The number of carbonyl (C=O) groups is 1. The minimum Gasteiger partial charge on any atom is -0.457 e. The van der Waals surface area contributed by atoms with Crippen molar-refractivity contribution in [3.8, 4) is 0 Å². The first-order chi connectivity index (χ1) is 20.4. The van der Waals surface area contributed by atoms with Crippen LogP contribution in [0.3, 0.4) is 0 Å². The molecule has 0 saturated carbocycles. The first-order valence-corrected chi connectivity index (χ1v) is 15.0. The van der Waals surface area contributed by atoms with Crippen LogP contribution in [0.15, 0.2) is 66.7 Å². The fourth-order valence-corrected chi connectivity index (χ4v) is 5.82. The SMILES string of the molecule is CCC(c1ccc(F)cc1Cl)C(O)(c1ccc(/C=C/C(=O)OC(C)(C)C)cc1)c1ccc(NC2CCCCO2)c(C=N)c1. The van der Waals surface area contributed by atoms with Crippen LogP contribution in [-0.4, -0.2) is 35.7 Å². The van der Waals surface area contributed by atoms with Crippen molar-refractivity contribution in [3.05, 3.63) is 105 Å². The van der Waals surface area contributed by atoms with Gasteiger partial charge in [-0.2, -0.15) is 0 Å². The van der Waals surface area contributed by atoms with Gasteiger partial charge in [0.15, 0.2) is 0 Å². The molecule has 43 heavy (non-hydrogen) atoms. The van der Waals surface area contributed by atoms with Crippen molar-refractivity contribution in [2.45, 2.75) is 76.7 Å². The summed E-state index contributed by atoms with van der Waals surface area (Å²) in [5, 5.41) is 24.5. The van der Waals surface area contributed by atoms with Gasteiger partial charge in [0.2, 0.25) is 0 Å². The van der Waals surface area contributed by atoms with Crippen molar-refractivity contribution in [1.29, 1.82) is 5.41 Å². The minimum atomic E-state index is -1.60. The van der Waals surface area contributed by atoms with E-state index in [1.165, 1.54) is 24.4 Å². The molecule has 3 unspecified atom stereocenters. The second-order valence-electron chi connectivity index (χ2n) is 11.8. The largest absolute Gasteiger partial charge is 0.457 e. The zero-order valence-corrected chi connectivity index (χ0v) is 25.9. The molecule has 1 aliphatic heterocycles. The third-order valence-corrected chi connectivity index (χ3v) is 7.89. The number of hydrogen-bond donors (Lipinski definition) is 3. The smallest absolute Gasteiger partial charge is 0.331 e.